The molecule has 0 heterocycles. The summed E-state index contributed by atoms with van der Waals surface area (Å²) in [6, 6.07) is 6.67. The molecular formula is C11H16N2O2S. The maximum absolute atomic E-state index is 11.0. The van der Waals surface area contributed by atoms with E-state index >= 15 is 0 Å². The fraction of sp³-hybridized carbons (Fsp3) is 0.455. The summed E-state index contributed by atoms with van der Waals surface area (Å²) in [7, 11) is -3.56. The van der Waals surface area contributed by atoms with Crippen LogP contribution in [0.3, 0.4) is 0 Å². The van der Waals surface area contributed by atoms with E-state index in [0.29, 0.717) is 0 Å². The summed E-state index contributed by atoms with van der Waals surface area (Å²) in [6.45, 7) is 1.83. The molecule has 1 aliphatic carbocycles. The van der Waals surface area contributed by atoms with Crippen molar-refractivity contribution in [1.29, 1.82) is 0 Å². The second kappa shape index (κ2) is 4.53. The van der Waals surface area contributed by atoms with E-state index in [4.69, 9.17) is 5.14 Å². The molecule has 1 fully saturated rings. The molecule has 4 nitrogen and oxygen atoms in total. The maximum atomic E-state index is 11.0. The summed E-state index contributed by atoms with van der Waals surface area (Å²) in [6.07, 6.45) is 2.66. The van der Waals surface area contributed by atoms with Crippen molar-refractivity contribution in [2.45, 2.75) is 24.3 Å². The number of benzene rings is 1. The summed E-state index contributed by atoms with van der Waals surface area (Å²) in [5.41, 5.74) is 1.08. The normalized spacial score (nSPS) is 16.3. The number of hydrogen-bond acceptors (Lipinski definition) is 3. The fourth-order valence-corrected chi connectivity index (χ4v) is 2.06. The molecule has 5 heteroatoms. The van der Waals surface area contributed by atoms with E-state index in [-0.39, 0.29) is 4.90 Å². The molecule has 1 aromatic rings. The molecule has 0 radical (unpaired) electrons. The van der Waals surface area contributed by atoms with Crippen LogP contribution >= 0.6 is 0 Å². The highest BCUT2D eigenvalue weighted by atomic mass is 32.2. The zero-order valence-corrected chi connectivity index (χ0v) is 9.83. The molecule has 16 heavy (non-hydrogen) atoms. The molecule has 0 aliphatic heterocycles. The highest BCUT2D eigenvalue weighted by molar-refractivity contribution is 7.89. The molecule has 0 bridgehead atoms. The van der Waals surface area contributed by atoms with Gasteiger partial charge >= 0.3 is 0 Å². The Morgan fingerprint density at radius 3 is 2.38 bits per heavy atom. The largest absolute Gasteiger partial charge is 0.312 e. The molecule has 0 unspecified atom stereocenters. The van der Waals surface area contributed by atoms with Crippen molar-refractivity contribution >= 4 is 10.0 Å². The topological polar surface area (TPSA) is 72.2 Å². The van der Waals surface area contributed by atoms with Gasteiger partial charge in [-0.25, -0.2) is 13.6 Å². The quantitative estimate of drug-likeness (QED) is 0.801. The van der Waals surface area contributed by atoms with Crippen LogP contribution in [0, 0.1) is 5.92 Å². The molecule has 1 aliphatic rings. The molecular weight excluding hydrogens is 224 g/mol. The predicted molar refractivity (Wildman–Crippen MR) is 62.2 cm³/mol. The Hall–Kier alpha value is -0.910. The Kier molecular flexibility index (Phi) is 3.28. The van der Waals surface area contributed by atoms with E-state index < -0.39 is 10.0 Å². The van der Waals surface area contributed by atoms with Crippen LogP contribution < -0.4 is 10.5 Å². The molecule has 1 aromatic carbocycles. The average molecular weight is 240 g/mol. The molecule has 2 rings (SSSR count). The fourth-order valence-electron chi connectivity index (χ4n) is 1.54. The van der Waals surface area contributed by atoms with Crippen molar-refractivity contribution in [3.8, 4) is 0 Å². The van der Waals surface area contributed by atoms with E-state index in [9.17, 15) is 8.42 Å². The van der Waals surface area contributed by atoms with Crippen molar-refractivity contribution in [2.24, 2.45) is 11.1 Å². The van der Waals surface area contributed by atoms with Crippen molar-refractivity contribution in [2.75, 3.05) is 6.54 Å². The van der Waals surface area contributed by atoms with Gasteiger partial charge < -0.3 is 5.32 Å². The first-order chi connectivity index (χ1) is 7.55. The zero-order chi connectivity index (χ0) is 11.6. The predicted octanol–water partition coefficient (Wildman–Crippen LogP) is 0.834. The summed E-state index contributed by atoms with van der Waals surface area (Å²) in [4.78, 5) is 0.165. The molecule has 3 N–H and O–H groups in total. The van der Waals surface area contributed by atoms with Gasteiger partial charge in [0.1, 0.15) is 0 Å². The lowest BCUT2D eigenvalue weighted by atomic mass is 10.2. The second-order valence-corrected chi connectivity index (χ2v) is 5.82. The van der Waals surface area contributed by atoms with Gasteiger partial charge in [0.2, 0.25) is 10.0 Å². The van der Waals surface area contributed by atoms with Gasteiger partial charge in [0, 0.05) is 6.54 Å². The van der Waals surface area contributed by atoms with Crippen LogP contribution in [0.4, 0.5) is 0 Å². The lowest BCUT2D eigenvalue weighted by molar-refractivity contribution is 0.597. The van der Waals surface area contributed by atoms with Crippen molar-refractivity contribution in [1.82, 2.24) is 5.32 Å². The third kappa shape index (κ3) is 3.30. The summed E-state index contributed by atoms with van der Waals surface area (Å²) >= 11 is 0. The number of rotatable bonds is 5. The minimum Gasteiger partial charge on any atom is -0.312 e. The highest BCUT2D eigenvalue weighted by Crippen LogP contribution is 2.27. The summed E-state index contributed by atoms with van der Waals surface area (Å²) in [5.74, 6) is 0.851. The molecule has 1 saturated carbocycles. The minimum atomic E-state index is -3.56. The van der Waals surface area contributed by atoms with E-state index in [2.05, 4.69) is 5.32 Å². The lowest BCUT2D eigenvalue weighted by Crippen LogP contribution is -2.16. The molecule has 0 spiro atoms. The van der Waals surface area contributed by atoms with Gasteiger partial charge in [-0.05, 0) is 43.0 Å². The Morgan fingerprint density at radius 1 is 1.25 bits per heavy atom. The monoisotopic (exact) mass is 240 g/mol. The highest BCUT2D eigenvalue weighted by Gasteiger charge is 2.20. The number of hydrogen-bond donors (Lipinski definition) is 2. The SMILES string of the molecule is NS(=O)(=O)c1ccc(CNCC2CC2)cc1. The van der Waals surface area contributed by atoms with E-state index in [0.717, 1.165) is 24.6 Å². The van der Waals surface area contributed by atoms with E-state index in [1.54, 1.807) is 24.3 Å². The second-order valence-electron chi connectivity index (χ2n) is 4.26. The van der Waals surface area contributed by atoms with Gasteiger partial charge in [-0.2, -0.15) is 0 Å². The molecule has 88 valence electrons. The Labute approximate surface area is 95.9 Å². The Morgan fingerprint density at radius 2 is 1.88 bits per heavy atom. The van der Waals surface area contributed by atoms with Crippen LogP contribution in [0.15, 0.2) is 29.2 Å². The Balaban J connectivity index is 1.90. The third-order valence-corrected chi connectivity index (χ3v) is 3.64. The molecule has 0 amide bonds. The van der Waals surface area contributed by atoms with Crippen LogP contribution in [0.5, 0.6) is 0 Å². The van der Waals surface area contributed by atoms with Gasteiger partial charge in [-0.1, -0.05) is 12.1 Å². The molecule has 0 aromatic heterocycles. The number of nitrogens with one attached hydrogen (secondary N) is 1. The average Bonchev–Trinajstić information content (AvgIpc) is 3.01. The van der Waals surface area contributed by atoms with Gasteiger partial charge in [0.25, 0.3) is 0 Å². The summed E-state index contributed by atoms with van der Waals surface area (Å²) in [5, 5.41) is 8.35. The number of sulfonamides is 1. The van der Waals surface area contributed by atoms with Crippen LogP contribution in [-0.2, 0) is 16.6 Å². The van der Waals surface area contributed by atoms with Crippen molar-refractivity contribution in [3.63, 3.8) is 0 Å². The van der Waals surface area contributed by atoms with Crippen molar-refractivity contribution < 1.29 is 8.42 Å². The minimum absolute atomic E-state index is 0.165. The number of primary sulfonamides is 1. The standard InChI is InChI=1S/C11H16N2O2S/c12-16(14,15)11-5-3-10(4-6-11)8-13-7-9-1-2-9/h3-6,9,13H,1-2,7-8H2,(H2,12,14,15). The molecule has 0 atom stereocenters. The van der Waals surface area contributed by atoms with Gasteiger partial charge in [-0.3, -0.25) is 0 Å². The third-order valence-electron chi connectivity index (χ3n) is 2.71. The molecule has 0 saturated heterocycles. The first-order valence-corrected chi connectivity index (χ1v) is 6.93. The zero-order valence-electron chi connectivity index (χ0n) is 9.02. The summed E-state index contributed by atoms with van der Waals surface area (Å²) < 4.78 is 22.0. The van der Waals surface area contributed by atoms with Gasteiger partial charge in [0.05, 0.1) is 4.90 Å². The Bertz CT molecular complexity index is 449. The first kappa shape index (κ1) is 11.6. The van der Waals surface area contributed by atoms with E-state index in [1.807, 2.05) is 0 Å². The smallest absolute Gasteiger partial charge is 0.238 e. The van der Waals surface area contributed by atoms with Gasteiger partial charge in [0.15, 0.2) is 0 Å². The van der Waals surface area contributed by atoms with Crippen LogP contribution in [0.1, 0.15) is 18.4 Å². The van der Waals surface area contributed by atoms with Crippen LogP contribution in [-0.4, -0.2) is 15.0 Å². The van der Waals surface area contributed by atoms with Gasteiger partial charge in [-0.15, -0.1) is 0 Å². The maximum Gasteiger partial charge on any atom is 0.238 e. The van der Waals surface area contributed by atoms with Crippen LogP contribution in [0.25, 0.3) is 0 Å². The van der Waals surface area contributed by atoms with Crippen molar-refractivity contribution in [3.05, 3.63) is 29.8 Å². The first-order valence-electron chi connectivity index (χ1n) is 5.38. The lowest BCUT2D eigenvalue weighted by Gasteiger charge is -2.04. The van der Waals surface area contributed by atoms with E-state index in [1.165, 1.54) is 12.8 Å². The number of nitrogens with two attached hydrogens (primary N) is 1. The van der Waals surface area contributed by atoms with Crippen LogP contribution in [0.2, 0.25) is 0 Å².